The number of aryl methyl sites for hydroxylation is 1. The minimum absolute atomic E-state index is 0.0289. The van der Waals surface area contributed by atoms with E-state index >= 15 is 0 Å². The van der Waals surface area contributed by atoms with Crippen LogP contribution in [0.4, 0.5) is 0 Å². The number of fused-ring (bicyclic) bond motifs is 1. The van der Waals surface area contributed by atoms with Crippen molar-refractivity contribution in [3.8, 4) is 12.3 Å². The van der Waals surface area contributed by atoms with Gasteiger partial charge in [0.05, 0.1) is 6.04 Å². The molecule has 0 aliphatic carbocycles. The molecule has 88 valence electrons. The van der Waals surface area contributed by atoms with E-state index in [9.17, 15) is 0 Å². The second-order valence-corrected chi connectivity index (χ2v) is 4.15. The predicted octanol–water partition coefficient (Wildman–Crippen LogP) is 2.66. The van der Waals surface area contributed by atoms with E-state index in [2.05, 4.69) is 24.3 Å². The smallest absolute Gasteiger partial charge is 0.134 e. The summed E-state index contributed by atoms with van der Waals surface area (Å²) >= 11 is 0. The molecule has 0 amide bonds. The molecule has 0 saturated heterocycles. The lowest BCUT2D eigenvalue weighted by Gasteiger charge is -2.10. The van der Waals surface area contributed by atoms with Crippen LogP contribution < -0.4 is 11.3 Å². The number of benzene rings is 1. The molecular formula is C14H16N2O. The number of furan rings is 1. The van der Waals surface area contributed by atoms with Gasteiger partial charge in [0.25, 0.3) is 0 Å². The van der Waals surface area contributed by atoms with Gasteiger partial charge < -0.3 is 4.42 Å². The van der Waals surface area contributed by atoms with Gasteiger partial charge in [-0.1, -0.05) is 11.6 Å². The topological polar surface area (TPSA) is 51.2 Å². The summed E-state index contributed by atoms with van der Waals surface area (Å²) < 4.78 is 5.76. The number of hydrogen-bond acceptors (Lipinski definition) is 3. The fourth-order valence-electron chi connectivity index (χ4n) is 1.89. The maximum atomic E-state index is 5.76. The first kappa shape index (κ1) is 11.7. The van der Waals surface area contributed by atoms with Crippen molar-refractivity contribution < 1.29 is 4.42 Å². The van der Waals surface area contributed by atoms with Crippen LogP contribution in [0.2, 0.25) is 0 Å². The molecular weight excluding hydrogens is 212 g/mol. The molecule has 0 fully saturated rings. The third-order valence-electron chi connectivity index (χ3n) is 2.81. The summed E-state index contributed by atoms with van der Waals surface area (Å²) in [7, 11) is 0. The highest BCUT2D eigenvalue weighted by Crippen LogP contribution is 2.26. The first-order chi connectivity index (χ1) is 8.24. The zero-order valence-electron chi connectivity index (χ0n) is 9.86. The maximum Gasteiger partial charge on any atom is 0.134 e. The normalized spacial score (nSPS) is 12.5. The van der Waals surface area contributed by atoms with E-state index < -0.39 is 0 Å². The number of nitrogens with two attached hydrogens (primary N) is 1. The van der Waals surface area contributed by atoms with Gasteiger partial charge in [0.1, 0.15) is 11.3 Å². The summed E-state index contributed by atoms with van der Waals surface area (Å²) in [5.74, 6) is 8.96. The molecule has 2 aromatic rings. The minimum atomic E-state index is -0.0289. The molecule has 0 bridgehead atoms. The van der Waals surface area contributed by atoms with Gasteiger partial charge in [-0.25, -0.2) is 5.43 Å². The average Bonchev–Trinajstić information content (AvgIpc) is 2.72. The second-order valence-electron chi connectivity index (χ2n) is 4.15. The average molecular weight is 228 g/mol. The third-order valence-corrected chi connectivity index (χ3v) is 2.81. The van der Waals surface area contributed by atoms with Crippen molar-refractivity contribution in [3.05, 3.63) is 35.6 Å². The van der Waals surface area contributed by atoms with Crippen molar-refractivity contribution in [2.75, 3.05) is 0 Å². The Balaban J connectivity index is 2.31. The predicted molar refractivity (Wildman–Crippen MR) is 69.1 cm³/mol. The molecule has 3 nitrogen and oxygen atoms in total. The molecule has 3 heteroatoms. The Bertz CT molecular complexity index is 551. The number of terminal acetylenes is 1. The summed E-state index contributed by atoms with van der Waals surface area (Å²) in [4.78, 5) is 0. The first-order valence-electron chi connectivity index (χ1n) is 5.64. The highest BCUT2D eigenvalue weighted by atomic mass is 16.3. The van der Waals surface area contributed by atoms with E-state index in [-0.39, 0.29) is 6.04 Å². The van der Waals surface area contributed by atoms with Crippen molar-refractivity contribution in [3.63, 3.8) is 0 Å². The summed E-state index contributed by atoms with van der Waals surface area (Å²) in [6.45, 7) is 2.06. The largest absolute Gasteiger partial charge is 0.459 e. The molecule has 0 aliphatic heterocycles. The first-order valence-corrected chi connectivity index (χ1v) is 5.64. The minimum Gasteiger partial charge on any atom is -0.459 e. The zero-order chi connectivity index (χ0) is 12.3. The molecule has 1 atom stereocenters. The van der Waals surface area contributed by atoms with Crippen molar-refractivity contribution in [1.29, 1.82) is 0 Å². The van der Waals surface area contributed by atoms with Gasteiger partial charge in [0, 0.05) is 11.8 Å². The number of hydrogen-bond donors (Lipinski definition) is 2. The van der Waals surface area contributed by atoms with Gasteiger partial charge in [-0.05, 0) is 31.5 Å². The van der Waals surface area contributed by atoms with Gasteiger partial charge in [-0.2, -0.15) is 0 Å². The Morgan fingerprint density at radius 3 is 3.00 bits per heavy atom. The molecule has 0 radical (unpaired) electrons. The zero-order valence-corrected chi connectivity index (χ0v) is 9.86. The fraction of sp³-hybridized carbons (Fsp3) is 0.286. The van der Waals surface area contributed by atoms with Crippen molar-refractivity contribution in [2.24, 2.45) is 5.84 Å². The van der Waals surface area contributed by atoms with Crippen molar-refractivity contribution in [1.82, 2.24) is 5.43 Å². The van der Waals surface area contributed by atoms with Crippen LogP contribution in [0.3, 0.4) is 0 Å². The van der Waals surface area contributed by atoms with Gasteiger partial charge in [0.15, 0.2) is 0 Å². The lowest BCUT2D eigenvalue weighted by molar-refractivity contribution is 0.420. The molecule has 1 unspecified atom stereocenters. The van der Waals surface area contributed by atoms with Crippen LogP contribution in [-0.2, 0) is 0 Å². The molecule has 17 heavy (non-hydrogen) atoms. The van der Waals surface area contributed by atoms with Crippen LogP contribution in [0.15, 0.2) is 28.7 Å². The lowest BCUT2D eigenvalue weighted by Crippen LogP contribution is -2.27. The quantitative estimate of drug-likeness (QED) is 0.480. The van der Waals surface area contributed by atoms with Crippen molar-refractivity contribution in [2.45, 2.75) is 25.8 Å². The van der Waals surface area contributed by atoms with E-state index in [1.807, 2.05) is 18.2 Å². The van der Waals surface area contributed by atoms with E-state index in [0.717, 1.165) is 23.2 Å². The number of hydrazine groups is 1. The van der Waals surface area contributed by atoms with E-state index in [4.69, 9.17) is 16.7 Å². The van der Waals surface area contributed by atoms with Crippen LogP contribution in [0.25, 0.3) is 11.0 Å². The van der Waals surface area contributed by atoms with Crippen LogP contribution in [0.1, 0.15) is 30.2 Å². The Morgan fingerprint density at radius 2 is 2.29 bits per heavy atom. The van der Waals surface area contributed by atoms with Crippen LogP contribution in [0.5, 0.6) is 0 Å². The second kappa shape index (κ2) is 5.05. The highest BCUT2D eigenvalue weighted by Gasteiger charge is 2.14. The van der Waals surface area contributed by atoms with Crippen LogP contribution in [-0.4, -0.2) is 0 Å². The van der Waals surface area contributed by atoms with Gasteiger partial charge in [-0.3, -0.25) is 5.84 Å². The van der Waals surface area contributed by atoms with Crippen LogP contribution in [0, 0.1) is 19.3 Å². The van der Waals surface area contributed by atoms with E-state index in [1.165, 1.54) is 5.56 Å². The molecule has 1 aromatic heterocycles. The van der Waals surface area contributed by atoms with E-state index in [1.54, 1.807) is 0 Å². The monoisotopic (exact) mass is 228 g/mol. The molecule has 2 rings (SSSR count). The Hall–Kier alpha value is -1.76. The SMILES string of the molecule is C#CCCC(NN)c1cc2cc(C)ccc2o1. The maximum absolute atomic E-state index is 5.76. The summed E-state index contributed by atoms with van der Waals surface area (Å²) in [6.07, 6.45) is 6.70. The molecule has 0 saturated carbocycles. The molecule has 0 aliphatic rings. The fourth-order valence-corrected chi connectivity index (χ4v) is 1.89. The summed E-state index contributed by atoms with van der Waals surface area (Å²) in [6, 6.07) is 8.09. The third kappa shape index (κ3) is 2.50. The number of nitrogens with one attached hydrogen (secondary N) is 1. The molecule has 3 N–H and O–H groups in total. The van der Waals surface area contributed by atoms with Crippen LogP contribution >= 0.6 is 0 Å². The van der Waals surface area contributed by atoms with E-state index in [0.29, 0.717) is 6.42 Å². The standard InChI is InChI=1S/C14H16N2O/c1-3-4-5-12(16-15)14-9-11-8-10(2)6-7-13(11)17-14/h1,6-9,12,16H,4-5,15H2,2H3. The van der Waals surface area contributed by atoms with Gasteiger partial charge >= 0.3 is 0 Å². The Labute approximate surface area is 101 Å². The van der Waals surface area contributed by atoms with Crippen molar-refractivity contribution >= 4 is 11.0 Å². The Kier molecular flexibility index (Phi) is 3.48. The summed E-state index contributed by atoms with van der Waals surface area (Å²) in [5, 5.41) is 1.10. The number of rotatable bonds is 4. The molecule has 1 aromatic carbocycles. The van der Waals surface area contributed by atoms with Gasteiger partial charge in [-0.15, -0.1) is 12.3 Å². The Morgan fingerprint density at radius 1 is 1.47 bits per heavy atom. The summed E-state index contributed by atoms with van der Waals surface area (Å²) in [5.41, 5.74) is 4.83. The molecule has 0 spiro atoms. The highest BCUT2D eigenvalue weighted by molar-refractivity contribution is 5.78. The van der Waals surface area contributed by atoms with Gasteiger partial charge in [0.2, 0.25) is 0 Å². The lowest BCUT2D eigenvalue weighted by atomic mass is 10.1. The molecule has 1 heterocycles.